The average Bonchev–Trinajstić information content (AvgIpc) is 3.10. The molecule has 0 aliphatic carbocycles. The van der Waals surface area contributed by atoms with Crippen molar-refractivity contribution in [1.29, 1.82) is 0 Å². The molecule has 0 radical (unpaired) electrons. The number of Topliss-reactive ketones (excluding diaryl/α,β-unsaturated/α-hetero) is 1. The van der Waals surface area contributed by atoms with Crippen molar-refractivity contribution in [3.8, 4) is 11.5 Å². The normalized spacial score (nSPS) is 15.9. The van der Waals surface area contributed by atoms with Gasteiger partial charge in [-0.15, -0.1) is 11.3 Å². The summed E-state index contributed by atoms with van der Waals surface area (Å²) in [6.45, 7) is 1.92. The third kappa shape index (κ3) is 3.05. The van der Waals surface area contributed by atoms with E-state index in [4.69, 9.17) is 9.47 Å². The van der Waals surface area contributed by atoms with E-state index in [1.807, 2.05) is 24.1 Å². The van der Waals surface area contributed by atoms with Crippen molar-refractivity contribution in [2.75, 3.05) is 31.8 Å². The number of anilines is 1. The second kappa shape index (κ2) is 6.44. The van der Waals surface area contributed by atoms with Crippen molar-refractivity contribution in [3.63, 3.8) is 0 Å². The molecule has 8 heteroatoms. The molecule has 0 unspecified atom stereocenters. The fraction of sp³-hybridized carbons (Fsp3) is 0.294. The molecular formula is C17H15BrN2O4S. The maximum Gasteiger partial charge on any atom is 0.300 e. The largest absolute Gasteiger partial charge is 0.486 e. The number of ether oxygens (including phenoxy) is 2. The summed E-state index contributed by atoms with van der Waals surface area (Å²) < 4.78 is 12.2. The molecule has 6 nitrogen and oxygen atoms in total. The Kier molecular flexibility index (Phi) is 4.26. The van der Waals surface area contributed by atoms with Gasteiger partial charge >= 0.3 is 5.91 Å². The fourth-order valence-electron chi connectivity index (χ4n) is 2.96. The Balaban J connectivity index is 1.58. The van der Waals surface area contributed by atoms with Crippen LogP contribution in [0.4, 0.5) is 5.69 Å². The average molecular weight is 423 g/mol. The minimum Gasteiger partial charge on any atom is -0.486 e. The molecule has 25 heavy (non-hydrogen) atoms. The molecule has 0 saturated carbocycles. The van der Waals surface area contributed by atoms with Crippen LogP contribution in [0.25, 0.3) is 0 Å². The van der Waals surface area contributed by atoms with Crippen LogP contribution in [-0.2, 0) is 11.3 Å². The maximum atomic E-state index is 12.4. The molecule has 3 heterocycles. The summed E-state index contributed by atoms with van der Waals surface area (Å²) in [6.07, 6.45) is 0. The van der Waals surface area contributed by atoms with Crippen LogP contribution in [0.3, 0.4) is 0 Å². The summed E-state index contributed by atoms with van der Waals surface area (Å²) in [5, 5.41) is 0. The van der Waals surface area contributed by atoms with Crippen molar-refractivity contribution in [2.45, 2.75) is 6.54 Å². The first kappa shape index (κ1) is 16.6. The molecule has 2 aliphatic rings. The molecule has 0 saturated heterocycles. The van der Waals surface area contributed by atoms with Gasteiger partial charge in [0.05, 0.1) is 21.7 Å². The number of rotatable bonds is 4. The lowest BCUT2D eigenvalue weighted by molar-refractivity contribution is -0.114. The van der Waals surface area contributed by atoms with E-state index >= 15 is 0 Å². The van der Waals surface area contributed by atoms with Gasteiger partial charge in [0.2, 0.25) is 0 Å². The van der Waals surface area contributed by atoms with Gasteiger partial charge in [0, 0.05) is 17.5 Å². The Hall–Kier alpha value is -1.90. The van der Waals surface area contributed by atoms with E-state index in [9.17, 15) is 9.59 Å². The Morgan fingerprint density at radius 1 is 1.20 bits per heavy atom. The molecule has 0 N–H and O–H groups in total. The lowest BCUT2D eigenvalue weighted by Crippen LogP contribution is -2.38. The highest BCUT2D eigenvalue weighted by Crippen LogP contribution is 2.40. The van der Waals surface area contributed by atoms with Crippen LogP contribution in [-0.4, -0.2) is 43.5 Å². The highest BCUT2D eigenvalue weighted by molar-refractivity contribution is 9.11. The van der Waals surface area contributed by atoms with E-state index in [1.54, 1.807) is 23.5 Å². The van der Waals surface area contributed by atoms with Crippen LogP contribution < -0.4 is 14.4 Å². The topological polar surface area (TPSA) is 59.1 Å². The third-order valence-corrected chi connectivity index (χ3v) is 5.68. The van der Waals surface area contributed by atoms with Crippen LogP contribution in [0.15, 0.2) is 28.1 Å². The monoisotopic (exact) mass is 422 g/mol. The Labute approximate surface area is 157 Å². The van der Waals surface area contributed by atoms with Gasteiger partial charge in [-0.25, -0.2) is 0 Å². The number of ketones is 1. The van der Waals surface area contributed by atoms with E-state index in [1.165, 1.54) is 9.78 Å². The third-order valence-electron chi connectivity index (χ3n) is 4.07. The Bertz CT molecular complexity index is 866. The Morgan fingerprint density at radius 2 is 1.92 bits per heavy atom. The van der Waals surface area contributed by atoms with Crippen molar-refractivity contribution in [3.05, 3.63) is 38.5 Å². The smallest absolute Gasteiger partial charge is 0.300 e. The standard InChI is InChI=1S/C17H15BrN2O4S/c1-19(8-10-2-3-15(18)25-10)9-20-12-7-14-13(23-4-5-24-14)6-11(12)16(21)17(20)22/h2-3,6-7H,4-5,8-9H2,1H3. The van der Waals surface area contributed by atoms with E-state index in [2.05, 4.69) is 15.9 Å². The summed E-state index contributed by atoms with van der Waals surface area (Å²) in [4.78, 5) is 29.4. The molecule has 0 bridgehead atoms. The highest BCUT2D eigenvalue weighted by Gasteiger charge is 2.38. The summed E-state index contributed by atoms with van der Waals surface area (Å²) in [5.41, 5.74) is 0.958. The van der Waals surface area contributed by atoms with Crippen LogP contribution in [0.1, 0.15) is 15.2 Å². The summed E-state index contributed by atoms with van der Waals surface area (Å²) in [7, 11) is 1.92. The summed E-state index contributed by atoms with van der Waals surface area (Å²) in [5.74, 6) is 0.0722. The predicted octanol–water partition coefficient (Wildman–Crippen LogP) is 2.90. The first-order chi connectivity index (χ1) is 12.0. The van der Waals surface area contributed by atoms with Crippen molar-refractivity contribution >= 4 is 44.6 Å². The molecule has 2 aliphatic heterocycles. The number of hydrogen-bond donors (Lipinski definition) is 0. The number of carbonyl (C=O) groups is 2. The zero-order valence-electron chi connectivity index (χ0n) is 13.5. The summed E-state index contributed by atoms with van der Waals surface area (Å²) >= 11 is 5.10. The van der Waals surface area contributed by atoms with Gasteiger partial charge in [-0.2, -0.15) is 0 Å². The maximum absolute atomic E-state index is 12.4. The van der Waals surface area contributed by atoms with E-state index < -0.39 is 11.7 Å². The van der Waals surface area contributed by atoms with Crippen molar-refractivity contribution in [1.82, 2.24) is 4.90 Å². The number of amides is 1. The number of benzene rings is 1. The number of thiophene rings is 1. The quantitative estimate of drug-likeness (QED) is 0.708. The molecule has 4 rings (SSSR count). The van der Waals surface area contributed by atoms with E-state index in [0.29, 0.717) is 49.2 Å². The predicted molar refractivity (Wildman–Crippen MR) is 97.6 cm³/mol. The van der Waals surface area contributed by atoms with Gasteiger partial charge in [0.1, 0.15) is 13.2 Å². The van der Waals surface area contributed by atoms with Gasteiger partial charge in [-0.05, 0) is 41.2 Å². The number of fused-ring (bicyclic) bond motifs is 2. The Morgan fingerprint density at radius 3 is 2.60 bits per heavy atom. The minimum absolute atomic E-state index is 0.326. The molecule has 130 valence electrons. The van der Waals surface area contributed by atoms with Crippen molar-refractivity contribution in [2.24, 2.45) is 0 Å². The van der Waals surface area contributed by atoms with Gasteiger partial charge in [-0.1, -0.05) is 0 Å². The number of halogens is 1. The number of carbonyl (C=O) groups excluding carboxylic acids is 2. The molecule has 1 aromatic heterocycles. The van der Waals surface area contributed by atoms with Gasteiger partial charge in [-0.3, -0.25) is 19.4 Å². The SMILES string of the molecule is CN(Cc1ccc(Br)s1)CN1C(=O)C(=O)c2cc3c(cc21)OCCO3. The number of nitrogens with zero attached hydrogens (tertiary/aromatic N) is 2. The molecule has 2 aromatic rings. The lowest BCUT2D eigenvalue weighted by Gasteiger charge is -2.25. The fourth-order valence-corrected chi connectivity index (χ4v) is 4.53. The number of hydrogen-bond acceptors (Lipinski definition) is 6. The van der Waals surface area contributed by atoms with Crippen LogP contribution in [0.2, 0.25) is 0 Å². The van der Waals surface area contributed by atoms with Crippen molar-refractivity contribution < 1.29 is 19.1 Å². The van der Waals surface area contributed by atoms with E-state index in [0.717, 1.165) is 3.79 Å². The molecular weight excluding hydrogens is 408 g/mol. The second-order valence-electron chi connectivity index (χ2n) is 5.94. The molecule has 0 atom stereocenters. The first-order valence-electron chi connectivity index (χ1n) is 7.75. The molecule has 1 amide bonds. The second-order valence-corrected chi connectivity index (χ2v) is 8.48. The summed E-state index contributed by atoms with van der Waals surface area (Å²) in [6, 6.07) is 7.37. The highest BCUT2D eigenvalue weighted by atomic mass is 79.9. The molecule has 0 fully saturated rings. The van der Waals surface area contributed by atoms with Gasteiger partial charge < -0.3 is 9.47 Å². The van der Waals surface area contributed by atoms with Gasteiger partial charge in [0.25, 0.3) is 5.78 Å². The molecule has 1 aromatic carbocycles. The van der Waals surface area contributed by atoms with Crippen LogP contribution in [0.5, 0.6) is 11.5 Å². The molecule has 0 spiro atoms. The van der Waals surface area contributed by atoms with E-state index in [-0.39, 0.29) is 0 Å². The lowest BCUT2D eigenvalue weighted by atomic mass is 10.1. The van der Waals surface area contributed by atoms with Crippen LogP contribution >= 0.6 is 27.3 Å². The first-order valence-corrected chi connectivity index (χ1v) is 9.36. The van der Waals surface area contributed by atoms with Gasteiger partial charge in [0.15, 0.2) is 11.5 Å². The van der Waals surface area contributed by atoms with Crippen LogP contribution in [0, 0.1) is 0 Å². The minimum atomic E-state index is -0.517. The zero-order valence-corrected chi connectivity index (χ0v) is 15.9. The zero-order chi connectivity index (χ0) is 17.6.